The topological polar surface area (TPSA) is 73.0 Å². The van der Waals surface area contributed by atoms with E-state index in [1.165, 1.54) is 11.8 Å². The highest BCUT2D eigenvalue weighted by molar-refractivity contribution is 7.99. The Labute approximate surface area is 160 Å². The summed E-state index contributed by atoms with van der Waals surface area (Å²) in [6.07, 6.45) is 3.62. The lowest BCUT2D eigenvalue weighted by Crippen LogP contribution is -2.11. The van der Waals surface area contributed by atoms with Crippen LogP contribution >= 0.6 is 11.8 Å². The van der Waals surface area contributed by atoms with Gasteiger partial charge in [0.1, 0.15) is 5.69 Å². The Kier molecular flexibility index (Phi) is 4.76. The highest BCUT2D eigenvalue weighted by Gasteiger charge is 2.16. The van der Waals surface area contributed by atoms with Crippen LogP contribution in [0.4, 0.5) is 5.69 Å². The number of carbonyl (C=O) groups excluding carboxylic acids is 1. The first-order valence-corrected chi connectivity index (χ1v) is 9.10. The SMILES string of the molecule is Cn1ccnc1Sc1ccccc1NC(=O)c1cc(-c2ccccc2)no1. The van der Waals surface area contributed by atoms with Crippen LogP contribution in [0.25, 0.3) is 11.3 Å². The van der Waals surface area contributed by atoms with Gasteiger partial charge in [0.25, 0.3) is 5.91 Å². The summed E-state index contributed by atoms with van der Waals surface area (Å²) in [6, 6.07) is 18.8. The zero-order valence-corrected chi connectivity index (χ0v) is 15.3. The number of nitrogens with one attached hydrogen (secondary N) is 1. The number of carbonyl (C=O) groups is 1. The predicted octanol–water partition coefficient (Wildman–Crippen LogP) is 4.48. The molecule has 1 N–H and O–H groups in total. The van der Waals surface area contributed by atoms with Crippen molar-refractivity contribution in [2.75, 3.05) is 5.32 Å². The van der Waals surface area contributed by atoms with Crippen LogP contribution in [0.2, 0.25) is 0 Å². The van der Waals surface area contributed by atoms with Crippen LogP contribution in [-0.4, -0.2) is 20.6 Å². The van der Waals surface area contributed by atoms with Gasteiger partial charge in [-0.2, -0.15) is 0 Å². The highest BCUT2D eigenvalue weighted by atomic mass is 32.2. The van der Waals surface area contributed by atoms with E-state index in [1.807, 2.05) is 72.4 Å². The summed E-state index contributed by atoms with van der Waals surface area (Å²) in [4.78, 5) is 17.8. The van der Waals surface area contributed by atoms with Crippen molar-refractivity contribution in [3.05, 3.63) is 78.8 Å². The quantitative estimate of drug-likeness (QED) is 0.556. The van der Waals surface area contributed by atoms with Gasteiger partial charge in [0.2, 0.25) is 5.76 Å². The van der Waals surface area contributed by atoms with Gasteiger partial charge in [0.15, 0.2) is 5.16 Å². The van der Waals surface area contributed by atoms with Crippen molar-refractivity contribution in [3.63, 3.8) is 0 Å². The fourth-order valence-electron chi connectivity index (χ4n) is 2.52. The van der Waals surface area contributed by atoms with Gasteiger partial charge in [0.05, 0.1) is 5.69 Å². The van der Waals surface area contributed by atoms with Gasteiger partial charge in [-0.3, -0.25) is 4.79 Å². The lowest BCUT2D eigenvalue weighted by Gasteiger charge is -2.09. The molecule has 0 saturated heterocycles. The third-order valence-electron chi connectivity index (χ3n) is 3.92. The van der Waals surface area contributed by atoms with E-state index in [9.17, 15) is 4.79 Å². The first kappa shape index (κ1) is 17.1. The van der Waals surface area contributed by atoms with E-state index in [-0.39, 0.29) is 11.7 Å². The van der Waals surface area contributed by atoms with Crippen LogP contribution in [0.5, 0.6) is 0 Å². The fourth-order valence-corrected chi connectivity index (χ4v) is 3.41. The molecule has 2 aromatic carbocycles. The summed E-state index contributed by atoms with van der Waals surface area (Å²) >= 11 is 1.48. The number of benzene rings is 2. The minimum Gasteiger partial charge on any atom is -0.350 e. The molecule has 0 bridgehead atoms. The second-order valence-electron chi connectivity index (χ2n) is 5.82. The minimum atomic E-state index is -0.349. The van der Waals surface area contributed by atoms with Crippen LogP contribution in [0, 0.1) is 0 Å². The molecule has 2 aromatic heterocycles. The number of para-hydroxylation sites is 1. The Morgan fingerprint density at radius 2 is 1.89 bits per heavy atom. The molecule has 2 heterocycles. The number of hydrogen-bond acceptors (Lipinski definition) is 5. The van der Waals surface area contributed by atoms with Crippen LogP contribution < -0.4 is 5.32 Å². The van der Waals surface area contributed by atoms with E-state index in [1.54, 1.807) is 12.3 Å². The number of aryl methyl sites for hydroxylation is 1. The molecule has 0 fully saturated rings. The maximum Gasteiger partial charge on any atom is 0.294 e. The largest absolute Gasteiger partial charge is 0.350 e. The van der Waals surface area contributed by atoms with Crippen molar-refractivity contribution in [2.45, 2.75) is 10.1 Å². The fraction of sp³-hybridized carbons (Fsp3) is 0.0500. The Morgan fingerprint density at radius 3 is 2.67 bits per heavy atom. The summed E-state index contributed by atoms with van der Waals surface area (Å²) in [5.74, 6) is -0.191. The third-order valence-corrected chi connectivity index (χ3v) is 5.07. The van der Waals surface area contributed by atoms with Gasteiger partial charge in [0, 0.05) is 36.0 Å². The average Bonchev–Trinajstić information content (AvgIpc) is 3.34. The molecule has 0 radical (unpaired) electrons. The molecular weight excluding hydrogens is 360 g/mol. The van der Waals surface area contributed by atoms with Crippen molar-refractivity contribution < 1.29 is 9.32 Å². The molecule has 6 nitrogen and oxygen atoms in total. The minimum absolute atomic E-state index is 0.158. The standard InChI is InChI=1S/C20H16N4O2S/c1-24-12-11-21-20(24)27-18-10-6-5-9-15(18)22-19(25)17-13-16(23-26-17)14-7-3-2-4-8-14/h2-13H,1H3,(H,22,25). The van der Waals surface area contributed by atoms with Crippen molar-refractivity contribution in [2.24, 2.45) is 7.05 Å². The van der Waals surface area contributed by atoms with Crippen molar-refractivity contribution in [1.29, 1.82) is 0 Å². The third kappa shape index (κ3) is 3.78. The molecule has 0 spiro atoms. The van der Waals surface area contributed by atoms with E-state index in [2.05, 4.69) is 15.5 Å². The zero-order chi connectivity index (χ0) is 18.6. The molecule has 0 atom stereocenters. The Balaban J connectivity index is 1.54. The van der Waals surface area contributed by atoms with Crippen LogP contribution in [0.15, 0.2) is 87.6 Å². The Morgan fingerprint density at radius 1 is 1.11 bits per heavy atom. The van der Waals surface area contributed by atoms with Gasteiger partial charge in [-0.15, -0.1) is 0 Å². The number of imidazole rings is 1. The molecule has 0 saturated carbocycles. The summed E-state index contributed by atoms with van der Waals surface area (Å²) in [7, 11) is 1.93. The lowest BCUT2D eigenvalue weighted by molar-refractivity contribution is 0.0988. The van der Waals surface area contributed by atoms with Crippen molar-refractivity contribution in [3.8, 4) is 11.3 Å². The molecule has 7 heteroatoms. The highest BCUT2D eigenvalue weighted by Crippen LogP contribution is 2.32. The van der Waals surface area contributed by atoms with E-state index in [0.29, 0.717) is 11.4 Å². The van der Waals surface area contributed by atoms with Crippen LogP contribution in [0.1, 0.15) is 10.6 Å². The summed E-state index contributed by atoms with van der Waals surface area (Å²) in [6.45, 7) is 0. The molecular formula is C20H16N4O2S. The van der Waals surface area contributed by atoms with E-state index >= 15 is 0 Å². The van der Waals surface area contributed by atoms with Gasteiger partial charge < -0.3 is 14.4 Å². The predicted molar refractivity (Wildman–Crippen MR) is 104 cm³/mol. The molecule has 1 amide bonds. The van der Waals surface area contributed by atoms with Crippen molar-refractivity contribution in [1.82, 2.24) is 14.7 Å². The van der Waals surface area contributed by atoms with E-state index in [0.717, 1.165) is 15.6 Å². The summed E-state index contributed by atoms with van der Waals surface area (Å²) in [5, 5.41) is 7.72. The summed E-state index contributed by atoms with van der Waals surface area (Å²) in [5.41, 5.74) is 2.20. The molecule has 4 aromatic rings. The van der Waals surface area contributed by atoms with E-state index < -0.39 is 0 Å². The monoisotopic (exact) mass is 376 g/mol. The number of aromatic nitrogens is 3. The molecule has 0 unspecified atom stereocenters. The van der Waals surface area contributed by atoms with Crippen LogP contribution in [0.3, 0.4) is 0 Å². The summed E-state index contributed by atoms with van der Waals surface area (Å²) < 4.78 is 7.16. The maximum atomic E-state index is 12.6. The molecule has 0 aliphatic carbocycles. The van der Waals surface area contributed by atoms with Crippen molar-refractivity contribution >= 4 is 23.4 Å². The average molecular weight is 376 g/mol. The number of nitrogens with zero attached hydrogens (tertiary/aromatic N) is 3. The first-order valence-electron chi connectivity index (χ1n) is 8.28. The first-order chi connectivity index (χ1) is 13.2. The normalized spacial score (nSPS) is 10.7. The van der Waals surface area contributed by atoms with Gasteiger partial charge in [-0.05, 0) is 23.9 Å². The van der Waals surface area contributed by atoms with Crippen LogP contribution in [-0.2, 0) is 7.05 Å². The Hall–Kier alpha value is -3.32. The van der Waals surface area contributed by atoms with Gasteiger partial charge >= 0.3 is 0 Å². The second kappa shape index (κ2) is 7.51. The maximum absolute atomic E-state index is 12.6. The smallest absolute Gasteiger partial charge is 0.294 e. The Bertz CT molecular complexity index is 1070. The molecule has 0 aliphatic heterocycles. The van der Waals surface area contributed by atoms with Gasteiger partial charge in [-0.1, -0.05) is 47.6 Å². The molecule has 27 heavy (non-hydrogen) atoms. The number of hydrogen-bond donors (Lipinski definition) is 1. The number of anilines is 1. The molecule has 134 valence electrons. The molecule has 4 rings (SSSR count). The van der Waals surface area contributed by atoms with E-state index in [4.69, 9.17) is 4.52 Å². The lowest BCUT2D eigenvalue weighted by atomic mass is 10.1. The zero-order valence-electron chi connectivity index (χ0n) is 14.5. The second-order valence-corrected chi connectivity index (χ2v) is 6.82. The number of rotatable bonds is 5. The molecule has 0 aliphatic rings. The van der Waals surface area contributed by atoms with Gasteiger partial charge in [-0.25, -0.2) is 4.98 Å². The number of amides is 1.